The lowest BCUT2D eigenvalue weighted by Crippen LogP contribution is -2.35. The molecule has 4 heteroatoms. The molecular formula is C19H17BrN2O. The minimum Gasteiger partial charge on any atom is -0.334 e. The van der Waals surface area contributed by atoms with Gasteiger partial charge >= 0.3 is 0 Å². The van der Waals surface area contributed by atoms with Crippen LogP contribution in [0, 0.1) is 6.92 Å². The number of aromatic nitrogens is 1. The summed E-state index contributed by atoms with van der Waals surface area (Å²) in [6.45, 7) is 3.51. The highest BCUT2D eigenvalue weighted by Crippen LogP contribution is 2.27. The number of hydrogen-bond donors (Lipinski definition) is 0. The largest absolute Gasteiger partial charge is 0.334 e. The number of nitrogens with zero attached hydrogens (tertiary/aromatic N) is 2. The quantitative estimate of drug-likeness (QED) is 0.631. The van der Waals surface area contributed by atoms with E-state index in [2.05, 4.69) is 41.1 Å². The molecule has 0 aliphatic carbocycles. The van der Waals surface area contributed by atoms with E-state index in [1.54, 1.807) is 0 Å². The first-order valence-electron chi connectivity index (χ1n) is 7.76. The number of aryl methyl sites for hydroxylation is 1. The molecule has 0 N–H and O–H groups in total. The minimum atomic E-state index is 0.110. The highest BCUT2D eigenvalue weighted by atomic mass is 79.9. The van der Waals surface area contributed by atoms with E-state index in [0.717, 1.165) is 28.5 Å². The third kappa shape index (κ3) is 2.47. The van der Waals surface area contributed by atoms with Crippen molar-refractivity contribution in [3.05, 3.63) is 75.5 Å². The number of fused-ring (bicyclic) bond motifs is 2. The maximum Gasteiger partial charge on any atom is 0.255 e. The van der Waals surface area contributed by atoms with Crippen LogP contribution in [-0.4, -0.2) is 21.8 Å². The zero-order chi connectivity index (χ0) is 16.0. The van der Waals surface area contributed by atoms with Crippen LogP contribution in [0.25, 0.3) is 5.52 Å². The topological polar surface area (TPSA) is 24.7 Å². The van der Waals surface area contributed by atoms with Gasteiger partial charge in [0, 0.05) is 35.5 Å². The summed E-state index contributed by atoms with van der Waals surface area (Å²) in [5.74, 6) is 0.110. The van der Waals surface area contributed by atoms with E-state index in [1.165, 1.54) is 16.7 Å². The van der Waals surface area contributed by atoms with Crippen LogP contribution in [0.4, 0.5) is 0 Å². The summed E-state index contributed by atoms with van der Waals surface area (Å²) in [6, 6.07) is 12.3. The predicted molar refractivity (Wildman–Crippen MR) is 94.7 cm³/mol. The molecule has 0 fully saturated rings. The molecule has 0 saturated heterocycles. The molecule has 0 atom stereocenters. The smallest absolute Gasteiger partial charge is 0.255 e. The summed E-state index contributed by atoms with van der Waals surface area (Å²) < 4.78 is 3.17. The standard InChI is InChI=1S/C19H17BrN2O/c1-13-4-3-8-21-12-15(10-18(13)21)19(23)22-9-7-16-14(11-22)5-2-6-17(16)20/h2-6,8,10,12H,7,9,11H2,1H3. The summed E-state index contributed by atoms with van der Waals surface area (Å²) >= 11 is 3.61. The van der Waals surface area contributed by atoms with Crippen LogP contribution in [0.1, 0.15) is 27.0 Å². The summed E-state index contributed by atoms with van der Waals surface area (Å²) in [6.07, 6.45) is 4.82. The fourth-order valence-electron chi connectivity index (χ4n) is 3.32. The first kappa shape index (κ1) is 14.5. The SMILES string of the molecule is Cc1cccn2cc(C(=O)N3CCc4c(Br)cccc4C3)cc12. The molecule has 0 radical (unpaired) electrons. The number of hydrogen-bond acceptors (Lipinski definition) is 1. The summed E-state index contributed by atoms with van der Waals surface area (Å²) in [5, 5.41) is 0. The van der Waals surface area contributed by atoms with E-state index in [-0.39, 0.29) is 5.91 Å². The van der Waals surface area contributed by atoms with Gasteiger partial charge in [-0.25, -0.2) is 0 Å². The van der Waals surface area contributed by atoms with Crippen LogP contribution >= 0.6 is 15.9 Å². The number of pyridine rings is 1. The first-order valence-corrected chi connectivity index (χ1v) is 8.55. The molecule has 4 rings (SSSR count). The second-order valence-corrected chi connectivity index (χ2v) is 6.92. The lowest BCUT2D eigenvalue weighted by Gasteiger charge is -2.29. The Morgan fingerprint density at radius 1 is 1.22 bits per heavy atom. The molecule has 1 amide bonds. The molecule has 3 aromatic rings. The normalized spacial score (nSPS) is 14.1. The third-order valence-corrected chi connectivity index (χ3v) is 5.33. The summed E-state index contributed by atoms with van der Waals surface area (Å²) in [7, 11) is 0. The Morgan fingerprint density at radius 2 is 2.09 bits per heavy atom. The highest BCUT2D eigenvalue weighted by molar-refractivity contribution is 9.10. The Kier molecular flexibility index (Phi) is 3.49. The van der Waals surface area contributed by atoms with Crippen LogP contribution < -0.4 is 0 Å². The van der Waals surface area contributed by atoms with Gasteiger partial charge in [-0.1, -0.05) is 34.1 Å². The van der Waals surface area contributed by atoms with Crippen molar-refractivity contribution >= 4 is 27.4 Å². The van der Waals surface area contributed by atoms with Gasteiger partial charge in [-0.05, 0) is 48.2 Å². The van der Waals surface area contributed by atoms with Crippen molar-refractivity contribution in [2.75, 3.05) is 6.54 Å². The van der Waals surface area contributed by atoms with Gasteiger partial charge in [-0.2, -0.15) is 0 Å². The molecule has 2 aromatic heterocycles. The average Bonchev–Trinajstić information content (AvgIpc) is 3.00. The number of amides is 1. The Hall–Kier alpha value is -2.07. The number of carbonyl (C=O) groups is 1. The molecule has 0 bridgehead atoms. The van der Waals surface area contributed by atoms with Crippen molar-refractivity contribution in [3.8, 4) is 0 Å². The van der Waals surface area contributed by atoms with Gasteiger partial charge in [0.25, 0.3) is 5.91 Å². The number of benzene rings is 1. The van der Waals surface area contributed by atoms with Crippen molar-refractivity contribution in [1.29, 1.82) is 0 Å². The van der Waals surface area contributed by atoms with E-state index in [0.29, 0.717) is 6.54 Å². The van der Waals surface area contributed by atoms with E-state index in [9.17, 15) is 4.79 Å². The molecule has 1 aliphatic heterocycles. The van der Waals surface area contributed by atoms with Crippen LogP contribution in [0.15, 0.2) is 53.3 Å². The van der Waals surface area contributed by atoms with Gasteiger partial charge in [0.05, 0.1) is 5.56 Å². The second-order valence-electron chi connectivity index (χ2n) is 6.07. The van der Waals surface area contributed by atoms with Gasteiger partial charge in [0.2, 0.25) is 0 Å². The molecule has 1 aromatic carbocycles. The van der Waals surface area contributed by atoms with Crippen molar-refractivity contribution in [2.24, 2.45) is 0 Å². The maximum atomic E-state index is 12.9. The predicted octanol–water partition coefficient (Wildman–Crippen LogP) is 4.21. The van der Waals surface area contributed by atoms with Crippen molar-refractivity contribution < 1.29 is 4.79 Å². The lowest BCUT2D eigenvalue weighted by molar-refractivity contribution is 0.0734. The molecule has 116 valence electrons. The minimum absolute atomic E-state index is 0.110. The molecule has 23 heavy (non-hydrogen) atoms. The Balaban J connectivity index is 1.65. The van der Waals surface area contributed by atoms with Gasteiger partial charge in [-0.15, -0.1) is 0 Å². The van der Waals surface area contributed by atoms with Crippen LogP contribution in [-0.2, 0) is 13.0 Å². The van der Waals surface area contributed by atoms with Gasteiger partial charge in [-0.3, -0.25) is 4.79 Å². The molecule has 0 unspecified atom stereocenters. The Bertz CT molecular complexity index is 913. The molecular weight excluding hydrogens is 352 g/mol. The molecule has 0 spiro atoms. The van der Waals surface area contributed by atoms with E-state index in [1.807, 2.05) is 39.9 Å². The average molecular weight is 369 g/mol. The van der Waals surface area contributed by atoms with E-state index in [4.69, 9.17) is 0 Å². The summed E-state index contributed by atoms with van der Waals surface area (Å²) in [4.78, 5) is 14.8. The third-order valence-electron chi connectivity index (χ3n) is 4.59. The van der Waals surface area contributed by atoms with Crippen LogP contribution in [0.3, 0.4) is 0 Å². The van der Waals surface area contributed by atoms with Crippen molar-refractivity contribution in [3.63, 3.8) is 0 Å². The van der Waals surface area contributed by atoms with Gasteiger partial charge in [0.15, 0.2) is 0 Å². The monoisotopic (exact) mass is 368 g/mol. The molecule has 3 nitrogen and oxygen atoms in total. The zero-order valence-electron chi connectivity index (χ0n) is 12.9. The van der Waals surface area contributed by atoms with Crippen molar-refractivity contribution in [2.45, 2.75) is 19.9 Å². The van der Waals surface area contributed by atoms with E-state index >= 15 is 0 Å². The molecule has 3 heterocycles. The van der Waals surface area contributed by atoms with Crippen LogP contribution in [0.2, 0.25) is 0 Å². The van der Waals surface area contributed by atoms with Gasteiger partial charge < -0.3 is 9.30 Å². The van der Waals surface area contributed by atoms with Crippen molar-refractivity contribution in [1.82, 2.24) is 9.30 Å². The second kappa shape index (κ2) is 5.53. The maximum absolute atomic E-state index is 12.9. The number of halogens is 1. The summed E-state index contributed by atoms with van der Waals surface area (Å²) in [5.41, 5.74) is 5.60. The molecule has 0 saturated carbocycles. The highest BCUT2D eigenvalue weighted by Gasteiger charge is 2.23. The Labute approximate surface area is 143 Å². The fraction of sp³-hybridized carbons (Fsp3) is 0.211. The van der Waals surface area contributed by atoms with E-state index < -0.39 is 0 Å². The Morgan fingerprint density at radius 3 is 2.91 bits per heavy atom. The molecule has 1 aliphatic rings. The fourth-order valence-corrected chi connectivity index (χ4v) is 3.93. The number of carbonyl (C=O) groups excluding carboxylic acids is 1. The zero-order valence-corrected chi connectivity index (χ0v) is 14.5. The van der Waals surface area contributed by atoms with Gasteiger partial charge in [0.1, 0.15) is 0 Å². The number of rotatable bonds is 1. The first-order chi connectivity index (χ1) is 11.1. The van der Waals surface area contributed by atoms with Crippen LogP contribution in [0.5, 0.6) is 0 Å². The lowest BCUT2D eigenvalue weighted by atomic mass is 9.99.